The van der Waals surface area contributed by atoms with Gasteiger partial charge in [0, 0.05) is 24.9 Å². The number of nitrogens with zero attached hydrogens (tertiary/aromatic N) is 3. The molecule has 0 spiro atoms. The van der Waals surface area contributed by atoms with Crippen molar-refractivity contribution in [3.05, 3.63) is 5.01 Å². The van der Waals surface area contributed by atoms with Gasteiger partial charge in [-0.3, -0.25) is 9.59 Å². The van der Waals surface area contributed by atoms with Crippen molar-refractivity contribution in [2.24, 2.45) is 5.92 Å². The molecule has 1 saturated heterocycles. The Morgan fingerprint density at radius 3 is 2.67 bits per heavy atom. The first-order valence-corrected chi connectivity index (χ1v) is 9.87. The van der Waals surface area contributed by atoms with Gasteiger partial charge in [0.1, 0.15) is 5.01 Å². The van der Waals surface area contributed by atoms with Gasteiger partial charge in [0.05, 0.1) is 5.92 Å². The van der Waals surface area contributed by atoms with Gasteiger partial charge >= 0.3 is 0 Å². The molecule has 1 aromatic rings. The van der Waals surface area contributed by atoms with E-state index in [1.54, 1.807) is 0 Å². The minimum Gasteiger partial charge on any atom is -0.339 e. The van der Waals surface area contributed by atoms with Crippen LogP contribution in [0.4, 0.5) is 5.13 Å². The van der Waals surface area contributed by atoms with Crippen molar-refractivity contribution in [2.75, 3.05) is 11.9 Å². The fourth-order valence-corrected chi connectivity index (χ4v) is 4.78. The van der Waals surface area contributed by atoms with Crippen LogP contribution >= 0.6 is 11.3 Å². The third-order valence-electron chi connectivity index (χ3n) is 5.30. The van der Waals surface area contributed by atoms with Crippen LogP contribution in [0, 0.1) is 5.92 Å². The number of carbonyl (C=O) groups excluding carboxylic acids is 2. The van der Waals surface area contributed by atoms with E-state index in [1.165, 1.54) is 24.2 Å². The lowest BCUT2D eigenvalue weighted by atomic mass is 10.1. The molecule has 2 aliphatic rings. The number of nitrogens with one attached hydrogen (secondary N) is 1. The Labute approximate surface area is 147 Å². The molecule has 0 aromatic carbocycles. The fraction of sp³-hybridized carbons (Fsp3) is 0.765. The summed E-state index contributed by atoms with van der Waals surface area (Å²) in [5.74, 6) is 0.158. The zero-order valence-corrected chi connectivity index (χ0v) is 15.3. The van der Waals surface area contributed by atoms with Gasteiger partial charge in [-0.15, -0.1) is 10.2 Å². The van der Waals surface area contributed by atoms with E-state index in [0.717, 1.165) is 30.7 Å². The van der Waals surface area contributed by atoms with Gasteiger partial charge in [-0.25, -0.2) is 0 Å². The molecule has 6 nitrogen and oxygen atoms in total. The van der Waals surface area contributed by atoms with E-state index in [1.807, 2.05) is 4.90 Å². The third kappa shape index (κ3) is 3.61. The highest BCUT2D eigenvalue weighted by Gasteiger charge is 2.38. The van der Waals surface area contributed by atoms with E-state index in [4.69, 9.17) is 0 Å². The Morgan fingerprint density at radius 1 is 1.29 bits per heavy atom. The van der Waals surface area contributed by atoms with Crippen molar-refractivity contribution in [2.45, 2.75) is 70.8 Å². The number of hydrogen-bond acceptors (Lipinski definition) is 5. The highest BCUT2D eigenvalue weighted by atomic mass is 32.1. The fourth-order valence-electron chi connectivity index (χ4n) is 3.77. The predicted octanol–water partition coefficient (Wildman–Crippen LogP) is 3.17. The maximum Gasteiger partial charge on any atom is 0.231 e. The molecule has 2 fully saturated rings. The summed E-state index contributed by atoms with van der Waals surface area (Å²) in [6.07, 6.45) is 6.90. The minimum absolute atomic E-state index is 0.101. The summed E-state index contributed by atoms with van der Waals surface area (Å²) >= 11 is 1.45. The molecule has 1 aliphatic heterocycles. The summed E-state index contributed by atoms with van der Waals surface area (Å²) < 4.78 is 0. The molecule has 0 bridgehead atoms. The lowest BCUT2D eigenvalue weighted by molar-refractivity contribution is -0.129. The second kappa shape index (κ2) is 7.59. The van der Waals surface area contributed by atoms with Crippen molar-refractivity contribution in [3.8, 4) is 0 Å². The molecule has 24 heavy (non-hydrogen) atoms. The largest absolute Gasteiger partial charge is 0.339 e. The Bertz CT molecular complexity index is 593. The van der Waals surface area contributed by atoms with Crippen molar-refractivity contribution in [1.82, 2.24) is 15.1 Å². The Balaban J connectivity index is 1.58. The van der Waals surface area contributed by atoms with Gasteiger partial charge in [0.15, 0.2) is 0 Å². The predicted molar refractivity (Wildman–Crippen MR) is 93.9 cm³/mol. The van der Waals surface area contributed by atoms with Crippen LogP contribution in [-0.2, 0) is 9.59 Å². The van der Waals surface area contributed by atoms with Gasteiger partial charge < -0.3 is 10.2 Å². The minimum atomic E-state index is -0.265. The lowest BCUT2D eigenvalue weighted by Crippen LogP contribution is -2.35. The van der Waals surface area contributed by atoms with Crippen LogP contribution in [-0.4, -0.2) is 39.5 Å². The van der Waals surface area contributed by atoms with Crippen LogP contribution in [0.5, 0.6) is 0 Å². The van der Waals surface area contributed by atoms with Gasteiger partial charge in [0.25, 0.3) is 0 Å². The van der Waals surface area contributed by atoms with Crippen LogP contribution < -0.4 is 5.32 Å². The molecule has 0 unspecified atom stereocenters. The summed E-state index contributed by atoms with van der Waals surface area (Å²) in [5.41, 5.74) is 0. The zero-order chi connectivity index (χ0) is 17.1. The molecular weight excluding hydrogens is 324 g/mol. The molecule has 1 N–H and O–H groups in total. The van der Waals surface area contributed by atoms with E-state index < -0.39 is 0 Å². The van der Waals surface area contributed by atoms with Crippen LogP contribution in [0.3, 0.4) is 0 Å². The average Bonchev–Trinajstić information content (AvgIpc) is 3.29. The van der Waals surface area contributed by atoms with Crippen molar-refractivity contribution in [1.29, 1.82) is 0 Å². The third-order valence-corrected chi connectivity index (χ3v) is 6.30. The Hall–Kier alpha value is -1.50. The maximum atomic E-state index is 12.5. The van der Waals surface area contributed by atoms with Crippen molar-refractivity contribution >= 4 is 28.3 Å². The summed E-state index contributed by atoms with van der Waals surface area (Å²) in [4.78, 5) is 26.6. The molecule has 2 heterocycles. The Kier molecular flexibility index (Phi) is 5.48. The molecule has 1 atom stereocenters. The Morgan fingerprint density at radius 2 is 2.00 bits per heavy atom. The smallest absolute Gasteiger partial charge is 0.231 e. The van der Waals surface area contributed by atoms with E-state index in [-0.39, 0.29) is 17.7 Å². The van der Waals surface area contributed by atoms with E-state index in [2.05, 4.69) is 29.4 Å². The van der Waals surface area contributed by atoms with Gasteiger partial charge in [-0.2, -0.15) is 0 Å². The van der Waals surface area contributed by atoms with Crippen molar-refractivity contribution < 1.29 is 9.59 Å². The van der Waals surface area contributed by atoms with Crippen LogP contribution in [0.2, 0.25) is 0 Å². The highest BCUT2D eigenvalue weighted by Crippen LogP contribution is 2.31. The lowest BCUT2D eigenvalue weighted by Gasteiger charge is -2.23. The SMILES string of the molecule is CCC(CC)c1nnc(NC(=O)[C@@H]2CC(=O)N(C3CCCC3)C2)s1. The second-order valence-corrected chi connectivity index (χ2v) is 7.84. The van der Waals surface area contributed by atoms with E-state index in [0.29, 0.717) is 30.1 Å². The number of carbonyl (C=O) groups is 2. The summed E-state index contributed by atoms with van der Waals surface area (Å²) in [6, 6.07) is 0.346. The quantitative estimate of drug-likeness (QED) is 0.855. The number of aromatic nitrogens is 2. The first-order chi connectivity index (χ1) is 11.6. The van der Waals surface area contributed by atoms with Crippen LogP contribution in [0.15, 0.2) is 0 Å². The molecule has 7 heteroatoms. The van der Waals surface area contributed by atoms with Gasteiger partial charge in [-0.1, -0.05) is 38.0 Å². The standard InChI is InChI=1S/C17H26N4O2S/c1-3-11(4-2)16-19-20-17(24-16)18-15(23)12-9-14(22)21(10-12)13-7-5-6-8-13/h11-13H,3-10H2,1-2H3,(H,18,20,23)/t12-/m1/s1. The number of anilines is 1. The molecule has 2 amide bonds. The second-order valence-electron chi connectivity index (χ2n) is 6.83. The molecule has 1 saturated carbocycles. The first kappa shape index (κ1) is 17.3. The molecule has 0 radical (unpaired) electrons. The molecule has 1 aliphatic carbocycles. The normalized spacial score (nSPS) is 21.9. The zero-order valence-electron chi connectivity index (χ0n) is 14.5. The number of likely N-dealkylation sites (tertiary alicyclic amines) is 1. The van der Waals surface area contributed by atoms with Crippen molar-refractivity contribution in [3.63, 3.8) is 0 Å². The maximum absolute atomic E-state index is 12.5. The number of rotatable bonds is 6. The molecule has 3 rings (SSSR count). The van der Waals surface area contributed by atoms with Crippen LogP contribution in [0.1, 0.15) is 69.7 Å². The molecular formula is C17H26N4O2S. The average molecular weight is 350 g/mol. The van der Waals surface area contributed by atoms with Gasteiger partial charge in [0.2, 0.25) is 16.9 Å². The monoisotopic (exact) mass is 350 g/mol. The number of amides is 2. The van der Waals surface area contributed by atoms with E-state index >= 15 is 0 Å². The van der Waals surface area contributed by atoms with Gasteiger partial charge in [-0.05, 0) is 25.7 Å². The first-order valence-electron chi connectivity index (χ1n) is 9.06. The summed E-state index contributed by atoms with van der Waals surface area (Å²) in [6.45, 7) is 4.82. The highest BCUT2D eigenvalue weighted by molar-refractivity contribution is 7.15. The summed E-state index contributed by atoms with van der Waals surface area (Å²) in [7, 11) is 0. The summed E-state index contributed by atoms with van der Waals surface area (Å²) in [5, 5.41) is 12.7. The topological polar surface area (TPSA) is 75.2 Å². The molecule has 1 aromatic heterocycles. The van der Waals surface area contributed by atoms with Crippen LogP contribution in [0.25, 0.3) is 0 Å². The van der Waals surface area contributed by atoms with E-state index in [9.17, 15) is 9.59 Å². The number of hydrogen-bond donors (Lipinski definition) is 1. The molecule has 132 valence electrons.